The zero-order valence-electron chi connectivity index (χ0n) is 9.72. The van der Waals surface area contributed by atoms with E-state index in [1.54, 1.807) is 0 Å². The SMILES string of the molecule is CNCCOB1OC(C)(C)C(C)(C)O1. The van der Waals surface area contributed by atoms with Crippen molar-refractivity contribution in [2.45, 2.75) is 38.9 Å². The predicted octanol–water partition coefficient (Wildman–Crippen LogP) is 0.811. The first-order valence-corrected chi connectivity index (χ1v) is 5.01. The van der Waals surface area contributed by atoms with E-state index < -0.39 is 7.32 Å². The quantitative estimate of drug-likeness (QED) is 0.539. The molecule has 0 unspecified atom stereocenters. The highest BCUT2D eigenvalue weighted by Crippen LogP contribution is 2.36. The molecule has 4 nitrogen and oxygen atoms in total. The van der Waals surface area contributed by atoms with E-state index in [4.69, 9.17) is 14.0 Å². The van der Waals surface area contributed by atoms with Crippen molar-refractivity contribution in [3.63, 3.8) is 0 Å². The molecule has 1 aliphatic rings. The third-order valence-electron chi connectivity index (χ3n) is 2.84. The number of hydrogen-bond acceptors (Lipinski definition) is 4. The van der Waals surface area contributed by atoms with Gasteiger partial charge in [0.1, 0.15) is 0 Å². The Balaban J connectivity index is 2.39. The Labute approximate surface area is 86.5 Å². The fourth-order valence-electron chi connectivity index (χ4n) is 1.11. The van der Waals surface area contributed by atoms with Gasteiger partial charge in [0, 0.05) is 13.2 Å². The summed E-state index contributed by atoms with van der Waals surface area (Å²) in [5.74, 6) is 0. The molecule has 1 saturated heterocycles. The van der Waals surface area contributed by atoms with Crippen molar-refractivity contribution in [3.8, 4) is 0 Å². The molecule has 0 aromatic carbocycles. The lowest BCUT2D eigenvalue weighted by atomic mass is 9.90. The monoisotopic (exact) mass is 201 g/mol. The van der Waals surface area contributed by atoms with Crippen molar-refractivity contribution in [1.82, 2.24) is 5.32 Å². The molecule has 1 heterocycles. The number of rotatable bonds is 4. The van der Waals surface area contributed by atoms with Crippen LogP contribution in [0.15, 0.2) is 0 Å². The van der Waals surface area contributed by atoms with Crippen LogP contribution in [-0.4, -0.2) is 38.7 Å². The molecule has 1 N–H and O–H groups in total. The maximum atomic E-state index is 5.64. The summed E-state index contributed by atoms with van der Waals surface area (Å²) in [6.45, 7) is 9.42. The summed E-state index contributed by atoms with van der Waals surface area (Å²) in [5.41, 5.74) is -0.616. The van der Waals surface area contributed by atoms with Gasteiger partial charge in [-0.2, -0.15) is 0 Å². The van der Waals surface area contributed by atoms with E-state index in [2.05, 4.69) is 5.32 Å². The fourth-order valence-corrected chi connectivity index (χ4v) is 1.11. The molecule has 0 aromatic heterocycles. The molecular formula is C9H20BNO3. The van der Waals surface area contributed by atoms with Crippen LogP contribution in [0.4, 0.5) is 0 Å². The topological polar surface area (TPSA) is 39.7 Å². The average Bonchev–Trinajstić information content (AvgIpc) is 2.21. The molecule has 0 aromatic rings. The minimum Gasteiger partial charge on any atom is -0.385 e. The van der Waals surface area contributed by atoms with Gasteiger partial charge in [-0.3, -0.25) is 0 Å². The van der Waals surface area contributed by atoms with E-state index >= 15 is 0 Å². The lowest BCUT2D eigenvalue weighted by molar-refractivity contribution is 0.00578. The van der Waals surface area contributed by atoms with Crippen molar-refractivity contribution in [1.29, 1.82) is 0 Å². The summed E-state index contributed by atoms with van der Waals surface area (Å²) in [4.78, 5) is 0. The van der Waals surface area contributed by atoms with E-state index in [0.29, 0.717) is 6.61 Å². The number of nitrogens with one attached hydrogen (secondary N) is 1. The second-order valence-electron chi connectivity index (χ2n) is 4.52. The van der Waals surface area contributed by atoms with Gasteiger partial charge in [-0.15, -0.1) is 0 Å². The van der Waals surface area contributed by atoms with E-state index in [1.165, 1.54) is 0 Å². The highest BCUT2D eigenvalue weighted by molar-refractivity contribution is 6.37. The molecule has 0 atom stereocenters. The molecule has 1 rings (SSSR count). The molecule has 1 fully saturated rings. The summed E-state index contributed by atoms with van der Waals surface area (Å²) >= 11 is 0. The normalized spacial score (nSPS) is 24.2. The van der Waals surface area contributed by atoms with Crippen LogP contribution >= 0.6 is 0 Å². The molecule has 14 heavy (non-hydrogen) atoms. The van der Waals surface area contributed by atoms with E-state index in [9.17, 15) is 0 Å². The van der Waals surface area contributed by atoms with Crippen molar-refractivity contribution >= 4 is 7.32 Å². The Kier molecular flexibility index (Phi) is 3.58. The lowest BCUT2D eigenvalue weighted by Crippen LogP contribution is -2.41. The summed E-state index contributed by atoms with van der Waals surface area (Å²) in [5, 5.41) is 3.00. The standard InChI is InChI=1S/C9H20BNO3/c1-8(2)9(3,4)14-10(13-8)12-7-6-11-5/h11H,6-7H2,1-5H3. The fraction of sp³-hybridized carbons (Fsp3) is 1.00. The molecule has 0 radical (unpaired) electrons. The van der Waals surface area contributed by atoms with Crippen LogP contribution < -0.4 is 5.32 Å². The Morgan fingerprint density at radius 2 is 1.64 bits per heavy atom. The molecule has 1 aliphatic heterocycles. The molecule has 0 amide bonds. The lowest BCUT2D eigenvalue weighted by Gasteiger charge is -2.31. The van der Waals surface area contributed by atoms with Gasteiger partial charge in [0.15, 0.2) is 0 Å². The van der Waals surface area contributed by atoms with E-state index in [1.807, 2.05) is 34.7 Å². The van der Waals surface area contributed by atoms with Crippen LogP contribution in [-0.2, 0) is 14.0 Å². The van der Waals surface area contributed by atoms with E-state index in [0.717, 1.165) is 6.54 Å². The molecule has 0 saturated carbocycles. The van der Waals surface area contributed by atoms with Crippen LogP contribution in [0.3, 0.4) is 0 Å². The first-order chi connectivity index (χ1) is 6.39. The van der Waals surface area contributed by atoms with Crippen LogP contribution in [0.25, 0.3) is 0 Å². The van der Waals surface area contributed by atoms with Gasteiger partial charge in [0.2, 0.25) is 0 Å². The molecule has 5 heteroatoms. The molecular weight excluding hydrogens is 181 g/mol. The molecule has 0 spiro atoms. The van der Waals surface area contributed by atoms with Crippen molar-refractivity contribution < 1.29 is 14.0 Å². The van der Waals surface area contributed by atoms with Gasteiger partial charge in [0.25, 0.3) is 0 Å². The number of hydrogen-bond donors (Lipinski definition) is 1. The predicted molar refractivity (Wildman–Crippen MR) is 56.0 cm³/mol. The highest BCUT2D eigenvalue weighted by atomic mass is 16.8. The summed E-state index contributed by atoms with van der Waals surface area (Å²) < 4.78 is 16.7. The van der Waals surface area contributed by atoms with E-state index in [-0.39, 0.29) is 11.2 Å². The minimum atomic E-state index is -0.534. The zero-order valence-corrected chi connectivity index (χ0v) is 9.72. The largest absolute Gasteiger partial charge is 0.640 e. The van der Waals surface area contributed by atoms with Crippen molar-refractivity contribution in [2.75, 3.05) is 20.2 Å². The smallest absolute Gasteiger partial charge is 0.385 e. The van der Waals surface area contributed by atoms with Gasteiger partial charge < -0.3 is 19.3 Å². The highest BCUT2D eigenvalue weighted by Gasteiger charge is 2.52. The summed E-state index contributed by atoms with van der Waals surface area (Å²) in [6.07, 6.45) is 0. The van der Waals surface area contributed by atoms with Gasteiger partial charge in [-0.1, -0.05) is 0 Å². The third kappa shape index (κ3) is 2.48. The van der Waals surface area contributed by atoms with Gasteiger partial charge >= 0.3 is 7.32 Å². The molecule has 0 bridgehead atoms. The maximum Gasteiger partial charge on any atom is 0.640 e. The Hall–Kier alpha value is -0.0951. The van der Waals surface area contributed by atoms with Gasteiger partial charge in [0.05, 0.1) is 11.2 Å². The third-order valence-corrected chi connectivity index (χ3v) is 2.84. The van der Waals surface area contributed by atoms with Crippen LogP contribution in [0.5, 0.6) is 0 Å². The Morgan fingerprint density at radius 3 is 2.07 bits per heavy atom. The van der Waals surface area contributed by atoms with Crippen LogP contribution in [0, 0.1) is 0 Å². The molecule has 82 valence electrons. The van der Waals surface area contributed by atoms with Crippen molar-refractivity contribution in [3.05, 3.63) is 0 Å². The first-order valence-electron chi connectivity index (χ1n) is 5.01. The second-order valence-corrected chi connectivity index (χ2v) is 4.52. The van der Waals surface area contributed by atoms with Gasteiger partial charge in [-0.05, 0) is 34.7 Å². The van der Waals surface area contributed by atoms with Crippen molar-refractivity contribution in [2.24, 2.45) is 0 Å². The second kappa shape index (κ2) is 4.19. The average molecular weight is 201 g/mol. The minimum absolute atomic E-state index is 0.308. The Morgan fingerprint density at radius 1 is 1.14 bits per heavy atom. The first kappa shape index (κ1) is 12.0. The summed E-state index contributed by atoms with van der Waals surface area (Å²) in [7, 11) is 1.35. The maximum absolute atomic E-state index is 5.64. The molecule has 0 aliphatic carbocycles. The zero-order chi connectivity index (χ0) is 10.8. The van der Waals surface area contributed by atoms with Gasteiger partial charge in [-0.25, -0.2) is 0 Å². The van der Waals surface area contributed by atoms with Crippen LogP contribution in [0.2, 0.25) is 0 Å². The van der Waals surface area contributed by atoms with Crippen LogP contribution in [0.1, 0.15) is 27.7 Å². The summed E-state index contributed by atoms with van der Waals surface area (Å²) in [6, 6.07) is 0. The Bertz CT molecular complexity index is 180. The number of likely N-dealkylation sites (N-methyl/N-ethyl adjacent to an activating group) is 1.